The third kappa shape index (κ3) is 3.28. The van der Waals surface area contributed by atoms with E-state index in [1.165, 1.54) is 0 Å². The maximum Gasteiger partial charge on any atom is 0.422 e. The van der Waals surface area contributed by atoms with Crippen LogP contribution in [0, 0.1) is 0 Å². The van der Waals surface area contributed by atoms with Crippen molar-refractivity contribution in [3.8, 4) is 0 Å². The van der Waals surface area contributed by atoms with Gasteiger partial charge in [-0.1, -0.05) is 0 Å². The highest BCUT2D eigenvalue weighted by Gasteiger charge is 2.37. The average molecular weight is 241 g/mol. The largest absolute Gasteiger partial charge is 0.480 e. The third-order valence-electron chi connectivity index (χ3n) is 2.13. The molecule has 8 heteroatoms. The Balaban J connectivity index is 2.50. The number of halogens is 3. The molecule has 1 aliphatic rings. The quantitative estimate of drug-likeness (QED) is 0.789. The molecule has 1 N–H and O–H groups in total. The molecule has 1 aliphatic heterocycles. The number of likely N-dealkylation sites (tertiary alicyclic amines) is 1. The first kappa shape index (κ1) is 12.6. The van der Waals surface area contributed by atoms with Crippen LogP contribution in [0.25, 0.3) is 0 Å². The van der Waals surface area contributed by atoms with Crippen LogP contribution in [-0.2, 0) is 9.53 Å². The number of carboxylic acids is 1. The van der Waals surface area contributed by atoms with Gasteiger partial charge in [0.15, 0.2) is 6.61 Å². The Hall–Kier alpha value is -1.47. The fourth-order valence-electron chi connectivity index (χ4n) is 1.47. The van der Waals surface area contributed by atoms with Crippen LogP contribution in [0.4, 0.5) is 18.0 Å². The highest BCUT2D eigenvalue weighted by molar-refractivity contribution is 5.80. The summed E-state index contributed by atoms with van der Waals surface area (Å²) in [7, 11) is 0. The topological polar surface area (TPSA) is 66.8 Å². The molecule has 1 atom stereocenters. The predicted molar refractivity (Wildman–Crippen MR) is 44.8 cm³/mol. The van der Waals surface area contributed by atoms with E-state index in [2.05, 4.69) is 4.74 Å². The molecule has 0 radical (unpaired) electrons. The molecule has 1 rings (SSSR count). The SMILES string of the molecule is O=C(O)C1CCCN1C(=O)OCC(F)(F)F. The van der Waals surface area contributed by atoms with Crippen molar-refractivity contribution in [2.45, 2.75) is 25.1 Å². The van der Waals surface area contributed by atoms with Crippen LogP contribution < -0.4 is 0 Å². The highest BCUT2D eigenvalue weighted by Crippen LogP contribution is 2.20. The molecule has 1 amide bonds. The molecule has 0 spiro atoms. The monoisotopic (exact) mass is 241 g/mol. The van der Waals surface area contributed by atoms with E-state index in [9.17, 15) is 22.8 Å². The maximum atomic E-state index is 11.7. The van der Waals surface area contributed by atoms with E-state index in [0.717, 1.165) is 4.90 Å². The highest BCUT2D eigenvalue weighted by atomic mass is 19.4. The zero-order valence-corrected chi connectivity index (χ0v) is 8.16. The second-order valence-electron chi connectivity index (χ2n) is 3.36. The summed E-state index contributed by atoms with van der Waals surface area (Å²) in [6, 6.07) is -1.08. The Morgan fingerprint density at radius 2 is 2.06 bits per heavy atom. The molecule has 0 aliphatic carbocycles. The van der Waals surface area contributed by atoms with Crippen LogP contribution in [0.3, 0.4) is 0 Å². The lowest BCUT2D eigenvalue weighted by molar-refractivity contribution is -0.163. The van der Waals surface area contributed by atoms with Crippen LogP contribution in [0.2, 0.25) is 0 Å². The Kier molecular flexibility index (Phi) is 3.61. The number of hydrogen-bond donors (Lipinski definition) is 1. The molecule has 92 valence electrons. The van der Waals surface area contributed by atoms with Gasteiger partial charge in [0.1, 0.15) is 6.04 Å². The van der Waals surface area contributed by atoms with Crippen LogP contribution >= 0.6 is 0 Å². The summed E-state index contributed by atoms with van der Waals surface area (Å²) in [5.41, 5.74) is 0. The Morgan fingerprint density at radius 1 is 1.44 bits per heavy atom. The van der Waals surface area contributed by atoms with Crippen molar-refractivity contribution in [1.29, 1.82) is 0 Å². The molecule has 1 saturated heterocycles. The summed E-state index contributed by atoms with van der Waals surface area (Å²) in [6.45, 7) is -1.59. The van der Waals surface area contributed by atoms with Gasteiger partial charge in [0.25, 0.3) is 0 Å². The van der Waals surface area contributed by atoms with Gasteiger partial charge in [-0.15, -0.1) is 0 Å². The summed E-state index contributed by atoms with van der Waals surface area (Å²) in [4.78, 5) is 22.6. The number of carbonyl (C=O) groups excluding carboxylic acids is 1. The van der Waals surface area contributed by atoms with Crippen LogP contribution in [-0.4, -0.2) is 47.4 Å². The Morgan fingerprint density at radius 3 is 2.56 bits per heavy atom. The molecule has 0 aromatic heterocycles. The van der Waals surface area contributed by atoms with Gasteiger partial charge in [0.05, 0.1) is 0 Å². The van der Waals surface area contributed by atoms with Crippen LogP contribution in [0.15, 0.2) is 0 Å². The lowest BCUT2D eigenvalue weighted by Gasteiger charge is -2.21. The minimum atomic E-state index is -4.60. The molecule has 1 unspecified atom stereocenters. The summed E-state index contributed by atoms with van der Waals surface area (Å²) >= 11 is 0. The minimum absolute atomic E-state index is 0.105. The number of aliphatic carboxylic acids is 1. The van der Waals surface area contributed by atoms with E-state index in [0.29, 0.717) is 6.42 Å². The second-order valence-corrected chi connectivity index (χ2v) is 3.36. The molecule has 0 bridgehead atoms. The third-order valence-corrected chi connectivity index (χ3v) is 2.13. The maximum absolute atomic E-state index is 11.7. The molecule has 16 heavy (non-hydrogen) atoms. The lowest BCUT2D eigenvalue weighted by atomic mass is 10.2. The minimum Gasteiger partial charge on any atom is -0.480 e. The summed E-state index contributed by atoms with van der Waals surface area (Å²) < 4.78 is 39.2. The first-order valence-electron chi connectivity index (χ1n) is 4.54. The van der Waals surface area contributed by atoms with E-state index in [4.69, 9.17) is 5.11 Å². The molecule has 1 fully saturated rings. The van der Waals surface area contributed by atoms with Crippen molar-refractivity contribution in [2.75, 3.05) is 13.2 Å². The molecule has 5 nitrogen and oxygen atoms in total. The number of amides is 1. The standard InChI is InChI=1S/C8H10F3NO4/c9-8(10,11)4-16-7(15)12-3-1-2-5(12)6(13)14/h5H,1-4H2,(H,13,14). The molecule has 0 aromatic rings. The zero-order chi connectivity index (χ0) is 12.3. The normalized spacial score (nSPS) is 20.9. The van der Waals surface area contributed by atoms with Gasteiger partial charge in [-0.05, 0) is 12.8 Å². The van der Waals surface area contributed by atoms with Gasteiger partial charge in [0, 0.05) is 6.54 Å². The van der Waals surface area contributed by atoms with E-state index in [1.54, 1.807) is 0 Å². The first-order valence-corrected chi connectivity index (χ1v) is 4.54. The first-order chi connectivity index (χ1) is 7.31. The fraction of sp³-hybridized carbons (Fsp3) is 0.750. The van der Waals surface area contributed by atoms with E-state index in [1.807, 2.05) is 0 Å². The summed E-state index contributed by atoms with van der Waals surface area (Å²) in [6.07, 6.45) is -5.16. The van der Waals surface area contributed by atoms with Crippen molar-refractivity contribution in [1.82, 2.24) is 4.90 Å². The number of ether oxygens (including phenoxy) is 1. The van der Waals surface area contributed by atoms with Crippen LogP contribution in [0.1, 0.15) is 12.8 Å². The number of hydrogen-bond acceptors (Lipinski definition) is 3. The van der Waals surface area contributed by atoms with Gasteiger partial charge in [0.2, 0.25) is 0 Å². The molecule has 0 saturated carbocycles. The van der Waals surface area contributed by atoms with E-state index >= 15 is 0 Å². The second kappa shape index (κ2) is 4.58. The van der Waals surface area contributed by atoms with Gasteiger partial charge < -0.3 is 9.84 Å². The van der Waals surface area contributed by atoms with Crippen molar-refractivity contribution in [3.63, 3.8) is 0 Å². The Bertz CT molecular complexity index is 291. The predicted octanol–water partition coefficient (Wildman–Crippen LogP) is 1.23. The van der Waals surface area contributed by atoms with E-state index < -0.39 is 30.9 Å². The van der Waals surface area contributed by atoms with Crippen molar-refractivity contribution in [3.05, 3.63) is 0 Å². The smallest absolute Gasteiger partial charge is 0.422 e. The average Bonchev–Trinajstić information content (AvgIpc) is 2.61. The fourth-order valence-corrected chi connectivity index (χ4v) is 1.47. The van der Waals surface area contributed by atoms with Gasteiger partial charge in [-0.25, -0.2) is 9.59 Å². The van der Waals surface area contributed by atoms with Crippen molar-refractivity contribution >= 4 is 12.1 Å². The molecular formula is C8H10F3NO4. The molecule has 1 heterocycles. The summed E-state index contributed by atoms with van der Waals surface area (Å²) in [5, 5.41) is 8.69. The van der Waals surface area contributed by atoms with Crippen LogP contribution in [0.5, 0.6) is 0 Å². The lowest BCUT2D eigenvalue weighted by Crippen LogP contribution is -2.41. The Labute approximate surface area is 88.8 Å². The summed E-state index contributed by atoms with van der Waals surface area (Å²) in [5.74, 6) is -1.23. The van der Waals surface area contributed by atoms with Crippen molar-refractivity contribution in [2.24, 2.45) is 0 Å². The zero-order valence-electron chi connectivity index (χ0n) is 8.16. The van der Waals surface area contributed by atoms with Gasteiger partial charge >= 0.3 is 18.2 Å². The van der Waals surface area contributed by atoms with Gasteiger partial charge in [-0.2, -0.15) is 13.2 Å². The molecule has 0 aromatic carbocycles. The van der Waals surface area contributed by atoms with Gasteiger partial charge in [-0.3, -0.25) is 4.90 Å². The number of alkyl halides is 3. The number of carboxylic acid groups (broad SMARTS) is 1. The molecular weight excluding hydrogens is 231 g/mol. The number of rotatable bonds is 2. The number of carbonyl (C=O) groups is 2. The number of nitrogens with zero attached hydrogens (tertiary/aromatic N) is 1. The van der Waals surface area contributed by atoms with E-state index in [-0.39, 0.29) is 13.0 Å². The van der Waals surface area contributed by atoms with Crippen molar-refractivity contribution < 1.29 is 32.6 Å².